The van der Waals surface area contributed by atoms with Crippen LogP contribution in [0, 0.1) is 0 Å². The van der Waals surface area contributed by atoms with E-state index in [0.717, 1.165) is 30.8 Å². The Morgan fingerprint density at radius 3 is 2.96 bits per heavy atom. The second-order valence-electron chi connectivity index (χ2n) is 5.98. The monoisotopic (exact) mass is 329 g/mol. The number of carbonyl (C=O) groups is 1. The summed E-state index contributed by atoms with van der Waals surface area (Å²) in [6.07, 6.45) is 6.69. The van der Waals surface area contributed by atoms with Crippen LogP contribution in [0.1, 0.15) is 24.2 Å². The number of fused-ring (bicyclic) bond motifs is 1. The first-order chi connectivity index (χ1) is 11.7. The fraction of sp³-hybridized carbons (Fsp3) is 0.444. The van der Waals surface area contributed by atoms with Gasteiger partial charge in [0.2, 0.25) is 5.91 Å². The summed E-state index contributed by atoms with van der Waals surface area (Å²) in [5.74, 6) is 2.51. The van der Waals surface area contributed by atoms with E-state index in [1.807, 2.05) is 30.6 Å². The molecule has 6 nitrogen and oxygen atoms in total. The third-order valence-corrected chi connectivity index (χ3v) is 4.40. The lowest BCUT2D eigenvalue weighted by Crippen LogP contribution is -2.40. The van der Waals surface area contributed by atoms with Crippen LogP contribution in [0.4, 0.5) is 0 Å². The molecule has 3 rings (SSSR count). The standard InChI is InChI=1S/C18H23N3O3/c1-23-15-5-3-13(11-16(15)24-2)4-6-18(22)20-14-7-9-21-10-8-19-17(21)12-14/h3,5,8,10-11,14H,4,6-7,9,12H2,1-2H3,(H,20,22). The van der Waals surface area contributed by atoms with Gasteiger partial charge in [0.25, 0.3) is 0 Å². The van der Waals surface area contributed by atoms with Crippen molar-refractivity contribution in [3.05, 3.63) is 42.0 Å². The molecular formula is C18H23N3O3. The summed E-state index contributed by atoms with van der Waals surface area (Å²) in [5.41, 5.74) is 1.06. The van der Waals surface area contributed by atoms with Crippen LogP contribution in [0.3, 0.4) is 0 Å². The summed E-state index contributed by atoms with van der Waals surface area (Å²) in [5, 5.41) is 3.12. The van der Waals surface area contributed by atoms with Crippen LogP contribution in [0.15, 0.2) is 30.6 Å². The maximum absolute atomic E-state index is 12.2. The molecule has 1 unspecified atom stereocenters. The molecule has 24 heavy (non-hydrogen) atoms. The summed E-state index contributed by atoms with van der Waals surface area (Å²) in [7, 11) is 3.22. The number of nitrogens with one attached hydrogen (secondary N) is 1. The molecule has 0 aliphatic carbocycles. The molecule has 128 valence electrons. The largest absolute Gasteiger partial charge is 0.493 e. The Labute approximate surface area is 141 Å². The quantitative estimate of drug-likeness (QED) is 0.880. The molecule has 1 aliphatic rings. The lowest BCUT2D eigenvalue weighted by molar-refractivity contribution is -0.121. The number of hydrogen-bond donors (Lipinski definition) is 1. The summed E-state index contributed by atoms with van der Waals surface area (Å²) < 4.78 is 12.7. The Kier molecular flexibility index (Phi) is 5.03. The molecule has 1 aliphatic heterocycles. The second kappa shape index (κ2) is 7.38. The van der Waals surface area contributed by atoms with Gasteiger partial charge in [0, 0.05) is 37.8 Å². The van der Waals surface area contributed by atoms with Crippen LogP contribution in [0.2, 0.25) is 0 Å². The number of imidazole rings is 1. The van der Waals surface area contributed by atoms with Gasteiger partial charge in [-0.15, -0.1) is 0 Å². The second-order valence-corrected chi connectivity index (χ2v) is 5.98. The van der Waals surface area contributed by atoms with Gasteiger partial charge in [-0.05, 0) is 30.5 Å². The Balaban J connectivity index is 1.51. The van der Waals surface area contributed by atoms with Gasteiger partial charge in [0.05, 0.1) is 14.2 Å². The predicted molar refractivity (Wildman–Crippen MR) is 90.3 cm³/mol. The van der Waals surface area contributed by atoms with E-state index in [-0.39, 0.29) is 11.9 Å². The number of rotatable bonds is 6. The van der Waals surface area contributed by atoms with Crippen molar-refractivity contribution in [2.45, 2.75) is 38.3 Å². The van der Waals surface area contributed by atoms with E-state index >= 15 is 0 Å². The fourth-order valence-corrected chi connectivity index (χ4v) is 3.07. The lowest BCUT2D eigenvalue weighted by Gasteiger charge is -2.24. The van der Waals surface area contributed by atoms with Crippen LogP contribution in [0.5, 0.6) is 11.5 Å². The zero-order valence-corrected chi connectivity index (χ0v) is 14.1. The Hall–Kier alpha value is -2.50. The van der Waals surface area contributed by atoms with E-state index in [0.29, 0.717) is 24.3 Å². The van der Waals surface area contributed by atoms with Gasteiger partial charge >= 0.3 is 0 Å². The highest BCUT2D eigenvalue weighted by atomic mass is 16.5. The molecule has 1 aromatic carbocycles. The van der Waals surface area contributed by atoms with E-state index in [2.05, 4.69) is 14.9 Å². The Morgan fingerprint density at radius 2 is 2.17 bits per heavy atom. The highest BCUT2D eigenvalue weighted by Crippen LogP contribution is 2.28. The molecule has 6 heteroatoms. The highest BCUT2D eigenvalue weighted by molar-refractivity contribution is 5.76. The maximum Gasteiger partial charge on any atom is 0.220 e. The molecular weight excluding hydrogens is 306 g/mol. The van der Waals surface area contributed by atoms with Crippen LogP contribution >= 0.6 is 0 Å². The van der Waals surface area contributed by atoms with Crippen LogP contribution < -0.4 is 14.8 Å². The lowest BCUT2D eigenvalue weighted by atomic mass is 10.0. The Morgan fingerprint density at radius 1 is 1.33 bits per heavy atom. The summed E-state index contributed by atoms with van der Waals surface area (Å²) >= 11 is 0. The third kappa shape index (κ3) is 3.69. The SMILES string of the molecule is COc1ccc(CCC(=O)NC2CCn3ccnc3C2)cc1OC. The van der Waals surface area contributed by atoms with Gasteiger partial charge in [-0.25, -0.2) is 4.98 Å². The molecule has 0 bridgehead atoms. The fourth-order valence-electron chi connectivity index (χ4n) is 3.07. The number of nitrogens with zero attached hydrogens (tertiary/aromatic N) is 2. The number of aryl methyl sites for hydroxylation is 2. The van der Waals surface area contributed by atoms with E-state index < -0.39 is 0 Å². The van der Waals surface area contributed by atoms with Gasteiger partial charge < -0.3 is 19.4 Å². The number of hydrogen-bond acceptors (Lipinski definition) is 4. The first-order valence-corrected chi connectivity index (χ1v) is 8.20. The summed E-state index contributed by atoms with van der Waals surface area (Å²) in [6, 6.07) is 5.93. The minimum Gasteiger partial charge on any atom is -0.493 e. The normalized spacial score (nSPS) is 16.3. The van der Waals surface area contributed by atoms with Gasteiger partial charge in [0.15, 0.2) is 11.5 Å². The number of methoxy groups -OCH3 is 2. The minimum absolute atomic E-state index is 0.0785. The van der Waals surface area contributed by atoms with E-state index in [4.69, 9.17) is 9.47 Å². The van der Waals surface area contributed by atoms with Crippen molar-refractivity contribution in [3.8, 4) is 11.5 Å². The smallest absolute Gasteiger partial charge is 0.220 e. The summed E-state index contributed by atoms with van der Waals surface area (Å²) in [6.45, 7) is 0.913. The van der Waals surface area contributed by atoms with E-state index in [1.165, 1.54) is 0 Å². The number of aromatic nitrogens is 2. The maximum atomic E-state index is 12.2. The van der Waals surface area contributed by atoms with Crippen molar-refractivity contribution in [1.82, 2.24) is 14.9 Å². The van der Waals surface area contributed by atoms with Crippen molar-refractivity contribution in [3.63, 3.8) is 0 Å². The van der Waals surface area contributed by atoms with Crippen molar-refractivity contribution in [2.75, 3.05) is 14.2 Å². The van der Waals surface area contributed by atoms with E-state index in [9.17, 15) is 4.79 Å². The van der Waals surface area contributed by atoms with Crippen molar-refractivity contribution in [2.24, 2.45) is 0 Å². The number of ether oxygens (including phenoxy) is 2. The van der Waals surface area contributed by atoms with Crippen LogP contribution in [0.25, 0.3) is 0 Å². The zero-order chi connectivity index (χ0) is 16.9. The van der Waals surface area contributed by atoms with E-state index in [1.54, 1.807) is 14.2 Å². The molecule has 1 amide bonds. The average molecular weight is 329 g/mol. The van der Waals surface area contributed by atoms with Crippen molar-refractivity contribution >= 4 is 5.91 Å². The molecule has 0 radical (unpaired) electrons. The molecule has 0 fully saturated rings. The zero-order valence-electron chi connectivity index (χ0n) is 14.1. The van der Waals surface area contributed by atoms with Gasteiger partial charge in [-0.3, -0.25) is 4.79 Å². The first-order valence-electron chi connectivity index (χ1n) is 8.20. The molecule has 2 heterocycles. The van der Waals surface area contributed by atoms with Crippen LogP contribution in [-0.2, 0) is 24.2 Å². The van der Waals surface area contributed by atoms with Crippen LogP contribution in [-0.4, -0.2) is 35.7 Å². The Bertz CT molecular complexity index is 711. The third-order valence-electron chi connectivity index (χ3n) is 4.40. The number of amides is 1. The molecule has 2 aromatic rings. The highest BCUT2D eigenvalue weighted by Gasteiger charge is 2.20. The predicted octanol–water partition coefficient (Wildman–Crippen LogP) is 1.96. The topological polar surface area (TPSA) is 65.4 Å². The molecule has 1 N–H and O–H groups in total. The number of carbonyl (C=O) groups excluding carboxylic acids is 1. The average Bonchev–Trinajstić information content (AvgIpc) is 3.07. The van der Waals surface area contributed by atoms with Crippen molar-refractivity contribution < 1.29 is 14.3 Å². The van der Waals surface area contributed by atoms with Gasteiger partial charge in [-0.1, -0.05) is 6.07 Å². The molecule has 0 spiro atoms. The molecule has 1 atom stereocenters. The first kappa shape index (κ1) is 16.4. The molecule has 0 saturated heterocycles. The van der Waals surface area contributed by atoms with Gasteiger partial charge in [0.1, 0.15) is 5.82 Å². The molecule has 1 aromatic heterocycles. The summed E-state index contributed by atoms with van der Waals surface area (Å²) in [4.78, 5) is 16.5. The van der Waals surface area contributed by atoms with Crippen molar-refractivity contribution in [1.29, 1.82) is 0 Å². The van der Waals surface area contributed by atoms with Gasteiger partial charge in [-0.2, -0.15) is 0 Å². The number of benzene rings is 1. The minimum atomic E-state index is 0.0785. The molecule has 0 saturated carbocycles.